The predicted octanol–water partition coefficient (Wildman–Crippen LogP) is 6.26. The topological polar surface area (TPSA) is 159 Å². The van der Waals surface area contributed by atoms with Crippen LogP contribution in [0.3, 0.4) is 0 Å². The number of ether oxygens (including phenoxy) is 1. The summed E-state index contributed by atoms with van der Waals surface area (Å²) in [6, 6.07) is 28.3. The number of rotatable bonds is 16. The lowest BCUT2D eigenvalue weighted by atomic mass is 10.1. The summed E-state index contributed by atoms with van der Waals surface area (Å²) < 4.78 is 5.85. The van der Waals surface area contributed by atoms with Gasteiger partial charge in [0, 0.05) is 42.9 Å². The van der Waals surface area contributed by atoms with E-state index in [0.29, 0.717) is 18.0 Å². The van der Waals surface area contributed by atoms with Gasteiger partial charge in [0.15, 0.2) is 0 Å². The van der Waals surface area contributed by atoms with Crippen LogP contribution in [0.5, 0.6) is 5.75 Å². The van der Waals surface area contributed by atoms with Gasteiger partial charge in [-0.1, -0.05) is 66.7 Å². The number of amides is 1. The van der Waals surface area contributed by atoms with Gasteiger partial charge in [-0.05, 0) is 59.5 Å². The Morgan fingerprint density at radius 2 is 1.54 bits per heavy atom. The van der Waals surface area contributed by atoms with Gasteiger partial charge in [-0.25, -0.2) is 0 Å². The number of carbonyl (C=O) groups excluding carboxylic acids is 1. The van der Waals surface area contributed by atoms with Gasteiger partial charge in [-0.2, -0.15) is 0 Å². The van der Waals surface area contributed by atoms with E-state index in [2.05, 4.69) is 5.32 Å². The van der Waals surface area contributed by atoms with Crippen LogP contribution in [0.4, 0.5) is 11.4 Å². The van der Waals surface area contributed by atoms with Crippen molar-refractivity contribution in [2.24, 2.45) is 0 Å². The van der Waals surface area contributed by atoms with Crippen LogP contribution in [0, 0.1) is 10.1 Å². The Morgan fingerprint density at radius 1 is 0.870 bits per heavy atom. The van der Waals surface area contributed by atoms with Crippen LogP contribution in [-0.2, 0) is 22.7 Å². The second-order valence-electron chi connectivity index (χ2n) is 10.4. The van der Waals surface area contributed by atoms with E-state index in [4.69, 9.17) is 4.74 Å². The monoisotopic (exact) mass is 623 g/mol. The van der Waals surface area contributed by atoms with Crippen molar-refractivity contribution in [1.29, 1.82) is 0 Å². The molecule has 1 amide bonds. The molecule has 0 heterocycles. The highest BCUT2D eigenvalue weighted by Gasteiger charge is 2.26. The predicted molar refractivity (Wildman–Crippen MR) is 172 cm³/mol. The molecule has 11 nitrogen and oxygen atoms in total. The van der Waals surface area contributed by atoms with Gasteiger partial charge in [0.2, 0.25) is 0 Å². The summed E-state index contributed by atoms with van der Waals surface area (Å²) in [6.07, 6.45) is 3.28. The Kier molecular flexibility index (Phi) is 11.7. The van der Waals surface area contributed by atoms with Crippen LogP contribution in [-0.4, -0.2) is 50.5 Å². The first-order chi connectivity index (χ1) is 22.2. The molecule has 0 spiro atoms. The fraction of sp³-hybridized carbons (Fsp3) is 0.171. The van der Waals surface area contributed by atoms with Gasteiger partial charge in [-0.15, -0.1) is 0 Å². The zero-order valence-electron chi connectivity index (χ0n) is 24.8. The normalized spacial score (nSPS) is 11.7. The highest BCUT2D eigenvalue weighted by atomic mass is 16.6. The summed E-state index contributed by atoms with van der Waals surface area (Å²) in [5.74, 6) is -1.91. The van der Waals surface area contributed by atoms with E-state index in [1.807, 2.05) is 60.7 Å². The molecule has 46 heavy (non-hydrogen) atoms. The largest absolute Gasteiger partial charge is 0.489 e. The minimum absolute atomic E-state index is 0.0556. The van der Waals surface area contributed by atoms with Gasteiger partial charge < -0.3 is 20.3 Å². The number of carboxylic acid groups (broad SMARTS) is 2. The molecule has 0 aliphatic heterocycles. The van der Waals surface area contributed by atoms with Crippen LogP contribution in [0.1, 0.15) is 39.9 Å². The summed E-state index contributed by atoms with van der Waals surface area (Å²) in [4.78, 5) is 47.9. The van der Waals surface area contributed by atoms with Crippen molar-refractivity contribution in [3.63, 3.8) is 0 Å². The number of carboxylic acids is 2. The third-order valence-corrected chi connectivity index (χ3v) is 7.07. The van der Waals surface area contributed by atoms with Crippen molar-refractivity contribution in [1.82, 2.24) is 4.90 Å². The third kappa shape index (κ3) is 10.1. The molecule has 0 saturated carbocycles. The molecule has 4 aromatic rings. The van der Waals surface area contributed by atoms with Gasteiger partial charge in [0.25, 0.3) is 11.6 Å². The summed E-state index contributed by atoms with van der Waals surface area (Å²) in [5.41, 5.74) is 3.37. The fourth-order valence-corrected chi connectivity index (χ4v) is 4.63. The number of anilines is 1. The second-order valence-corrected chi connectivity index (χ2v) is 10.4. The summed E-state index contributed by atoms with van der Waals surface area (Å²) in [6.45, 7) is 0.926. The lowest BCUT2D eigenvalue weighted by molar-refractivity contribution is -0.384. The molecular weight excluding hydrogens is 590 g/mol. The number of nitrogens with one attached hydrogen (secondary N) is 1. The molecule has 3 N–H and O–H groups in total. The first kappa shape index (κ1) is 33.1. The van der Waals surface area contributed by atoms with E-state index in [1.165, 1.54) is 24.3 Å². The minimum Gasteiger partial charge on any atom is -0.489 e. The lowest BCUT2D eigenvalue weighted by Crippen LogP contribution is -2.41. The van der Waals surface area contributed by atoms with Crippen molar-refractivity contribution >= 4 is 35.3 Å². The lowest BCUT2D eigenvalue weighted by Gasteiger charge is -2.27. The first-order valence-electron chi connectivity index (χ1n) is 14.4. The molecule has 0 bridgehead atoms. The van der Waals surface area contributed by atoms with Gasteiger partial charge >= 0.3 is 11.9 Å². The molecule has 1 atom stereocenters. The zero-order chi connectivity index (χ0) is 32.9. The first-order valence-corrected chi connectivity index (χ1v) is 14.4. The SMILES string of the molecule is O=C(O)CC[C@@H](C(=O)O)N(C/C=C/c1ccc(NC(=O)c2ccc([N+](=O)[O-])cc2)cc1)Cc1ccc(OCc2ccccc2)cc1. The number of nitrogens with zero attached hydrogens (tertiary/aromatic N) is 2. The Hall–Kier alpha value is -5.81. The summed E-state index contributed by atoms with van der Waals surface area (Å²) in [5, 5.41) is 32.7. The van der Waals surface area contributed by atoms with Crippen LogP contribution in [0.2, 0.25) is 0 Å². The molecule has 0 unspecified atom stereocenters. The van der Waals surface area contributed by atoms with E-state index in [9.17, 15) is 34.7 Å². The smallest absolute Gasteiger partial charge is 0.320 e. The van der Waals surface area contributed by atoms with Crippen molar-refractivity contribution in [3.8, 4) is 5.75 Å². The number of hydrogen-bond donors (Lipinski definition) is 3. The molecule has 0 aromatic heterocycles. The minimum atomic E-state index is -1.11. The Bertz CT molecular complexity index is 1660. The number of non-ortho nitro benzene ring substituents is 1. The standard InChI is InChI=1S/C35H33N3O8/c39-33(40)21-20-32(35(42)43)37(23-26-10-18-31(19-11-26)46-24-27-5-2-1-3-6-27)22-4-7-25-8-14-29(15-9-25)36-34(41)28-12-16-30(17-13-28)38(44)45/h1-19,32H,20-24H2,(H,36,41)(H,39,40)(H,42,43)/b7-4+/t32-/m0/s1. The van der Waals surface area contributed by atoms with E-state index in [-0.39, 0.29) is 37.2 Å². The number of nitro benzene ring substituents is 1. The molecule has 11 heteroatoms. The summed E-state index contributed by atoms with van der Waals surface area (Å²) >= 11 is 0. The summed E-state index contributed by atoms with van der Waals surface area (Å²) in [7, 11) is 0. The molecular formula is C35H33N3O8. The van der Waals surface area contributed by atoms with Crippen molar-refractivity contribution < 1.29 is 34.3 Å². The average molecular weight is 624 g/mol. The Balaban J connectivity index is 1.39. The molecule has 0 aliphatic rings. The van der Waals surface area contributed by atoms with E-state index >= 15 is 0 Å². The maximum Gasteiger partial charge on any atom is 0.320 e. The van der Waals surface area contributed by atoms with Gasteiger partial charge in [0.05, 0.1) is 4.92 Å². The number of hydrogen-bond acceptors (Lipinski definition) is 7. The van der Waals surface area contributed by atoms with Crippen LogP contribution in [0.15, 0.2) is 109 Å². The quantitative estimate of drug-likeness (QED) is 0.0967. The van der Waals surface area contributed by atoms with E-state index < -0.39 is 28.8 Å². The average Bonchev–Trinajstić information content (AvgIpc) is 3.05. The fourth-order valence-electron chi connectivity index (χ4n) is 4.63. The third-order valence-electron chi connectivity index (χ3n) is 7.07. The second kappa shape index (κ2) is 16.3. The Morgan fingerprint density at radius 3 is 2.15 bits per heavy atom. The molecule has 0 saturated heterocycles. The number of benzene rings is 4. The van der Waals surface area contributed by atoms with Gasteiger partial charge in [-0.3, -0.25) is 29.4 Å². The van der Waals surface area contributed by atoms with Crippen LogP contribution < -0.4 is 10.1 Å². The molecule has 0 aliphatic carbocycles. The van der Waals surface area contributed by atoms with Crippen molar-refractivity contribution in [2.45, 2.75) is 32.0 Å². The molecule has 0 fully saturated rings. The molecule has 0 radical (unpaired) electrons. The highest BCUT2D eigenvalue weighted by Crippen LogP contribution is 2.19. The molecule has 4 rings (SSSR count). The Labute approximate surface area is 265 Å². The number of carbonyl (C=O) groups is 3. The zero-order valence-corrected chi connectivity index (χ0v) is 24.8. The maximum atomic E-state index is 12.5. The van der Waals surface area contributed by atoms with Crippen molar-refractivity contribution in [2.75, 3.05) is 11.9 Å². The van der Waals surface area contributed by atoms with Crippen LogP contribution in [0.25, 0.3) is 6.08 Å². The van der Waals surface area contributed by atoms with Gasteiger partial charge in [0.1, 0.15) is 18.4 Å². The highest BCUT2D eigenvalue weighted by molar-refractivity contribution is 6.04. The van der Waals surface area contributed by atoms with Crippen LogP contribution >= 0.6 is 0 Å². The number of aliphatic carboxylic acids is 2. The van der Waals surface area contributed by atoms with E-state index in [1.54, 1.807) is 35.2 Å². The molecule has 4 aromatic carbocycles. The van der Waals surface area contributed by atoms with Crippen molar-refractivity contribution in [3.05, 3.63) is 142 Å². The van der Waals surface area contributed by atoms with E-state index in [0.717, 1.165) is 16.7 Å². The maximum absolute atomic E-state index is 12.5. The molecule has 236 valence electrons. The number of nitro groups is 1.